The fourth-order valence-electron chi connectivity index (χ4n) is 8.48. The Morgan fingerprint density at radius 1 is 0.259 bits per heavy atom. The number of ether oxygens (including phenoxy) is 8. The van der Waals surface area contributed by atoms with Crippen LogP contribution in [0.5, 0.6) is 0 Å². The molecular weight excluding hydrogens is 1140 g/mol. The van der Waals surface area contributed by atoms with Crippen molar-refractivity contribution in [2.75, 3.05) is 52.9 Å². The van der Waals surface area contributed by atoms with Crippen LogP contribution in [0.1, 0.15) is 265 Å². The van der Waals surface area contributed by atoms with E-state index >= 15 is 0 Å². The molecule has 0 aliphatic carbocycles. The van der Waals surface area contributed by atoms with Gasteiger partial charge in [-0.1, -0.05) is 162 Å². The van der Waals surface area contributed by atoms with E-state index in [2.05, 4.69) is 0 Å². The van der Waals surface area contributed by atoms with Crippen molar-refractivity contribution in [1.29, 1.82) is 0 Å². The van der Waals surface area contributed by atoms with Gasteiger partial charge in [-0.05, 0) is 103 Å². The molecule has 85 heavy (non-hydrogen) atoms. The van der Waals surface area contributed by atoms with Gasteiger partial charge in [-0.3, -0.25) is 19.2 Å². The summed E-state index contributed by atoms with van der Waals surface area (Å²) in [7, 11) is 0. The summed E-state index contributed by atoms with van der Waals surface area (Å²) in [5.74, 6) is -8.05. The topological polar surface area (TPSA) is 303 Å². The van der Waals surface area contributed by atoms with E-state index in [1.807, 2.05) is 111 Å². The standard InChI is InChI=1S/4C16H30O5.Ti/c4*1-5-9-11-20-13(15(18)19)14(17)16(7-3,8-4)21-12-10-6-2;/h4*13H,5-12H2,1-4H3,(H,18,19);/q;;;;+4/p-4. The Morgan fingerprint density at radius 2 is 0.388 bits per heavy atom. The Labute approximate surface area is 527 Å². The molecule has 0 fully saturated rings. The second kappa shape index (κ2) is 55.1. The zero-order chi connectivity index (χ0) is 65.2. The van der Waals surface area contributed by atoms with Gasteiger partial charge in [0.2, 0.25) is 0 Å². The Hall–Kier alpha value is -3.05. The first-order chi connectivity index (χ1) is 39.9. The first-order valence-corrected chi connectivity index (χ1v) is 32.0. The van der Waals surface area contributed by atoms with Gasteiger partial charge in [-0.25, -0.2) is 0 Å². The molecule has 4 atom stereocenters. The minimum absolute atomic E-state index is 0. The number of aliphatic carboxylic acids is 4. The molecule has 0 saturated carbocycles. The van der Waals surface area contributed by atoms with Crippen LogP contribution in [0, 0.1) is 0 Å². The molecule has 20 nitrogen and oxygen atoms in total. The summed E-state index contributed by atoms with van der Waals surface area (Å²) in [5, 5.41) is 44.9. The average molecular weight is 1250 g/mol. The molecule has 0 bridgehead atoms. The average Bonchev–Trinajstić information content (AvgIpc) is 2.97. The fourth-order valence-corrected chi connectivity index (χ4v) is 8.48. The molecule has 0 aliphatic rings. The molecule has 21 heteroatoms. The van der Waals surface area contributed by atoms with Crippen LogP contribution in [0.2, 0.25) is 0 Å². The van der Waals surface area contributed by atoms with Gasteiger partial charge in [-0.2, -0.15) is 0 Å². The van der Waals surface area contributed by atoms with Gasteiger partial charge < -0.3 is 77.5 Å². The molecule has 0 aliphatic heterocycles. The SMILES string of the molecule is CCCCOC(C(=O)[O-])C(=O)C(CC)(CC)OCCCC.CCCCOC(C(=O)[O-])C(=O)C(CC)(CC)OCCCC.CCCCOC(C(=O)[O-])C(=O)C(CC)(CC)OCCCC.CCCCOC(C(=O)[O-])C(=O)C(CC)(CC)OCCCC.[Ti+4]. The first kappa shape index (κ1) is 90.7. The predicted molar refractivity (Wildman–Crippen MR) is 315 cm³/mol. The van der Waals surface area contributed by atoms with Crippen molar-refractivity contribution in [1.82, 2.24) is 0 Å². The molecule has 0 spiro atoms. The largest absolute Gasteiger partial charge is 4.00 e. The van der Waals surface area contributed by atoms with E-state index in [4.69, 9.17) is 37.9 Å². The van der Waals surface area contributed by atoms with Crippen LogP contribution in [0.15, 0.2) is 0 Å². The van der Waals surface area contributed by atoms with Crippen LogP contribution in [0.3, 0.4) is 0 Å². The van der Waals surface area contributed by atoms with Gasteiger partial charge in [-0.15, -0.1) is 0 Å². The Balaban J connectivity index is -0.000000333. The molecule has 0 saturated heterocycles. The summed E-state index contributed by atoms with van der Waals surface area (Å²) in [4.78, 5) is 95.3. The fraction of sp³-hybridized carbons (Fsp3) is 0.875. The number of carboxylic acid groups (broad SMARTS) is 4. The summed E-state index contributed by atoms with van der Waals surface area (Å²) < 4.78 is 43.9. The molecule has 0 rings (SSSR count). The summed E-state index contributed by atoms with van der Waals surface area (Å²) in [6.45, 7) is 33.3. The minimum atomic E-state index is -1.54. The van der Waals surface area contributed by atoms with Crippen LogP contribution in [0.25, 0.3) is 0 Å². The van der Waals surface area contributed by atoms with Crippen molar-refractivity contribution in [3.63, 3.8) is 0 Å². The number of unbranched alkanes of at least 4 members (excludes halogenated alkanes) is 8. The molecule has 0 aromatic carbocycles. The Bertz CT molecular complexity index is 1500. The molecule has 496 valence electrons. The third kappa shape index (κ3) is 34.5. The zero-order valence-corrected chi connectivity index (χ0v) is 57.2. The maximum absolute atomic E-state index is 12.6. The van der Waals surface area contributed by atoms with Crippen molar-refractivity contribution in [2.24, 2.45) is 0 Å². The van der Waals surface area contributed by atoms with E-state index in [0.29, 0.717) is 103 Å². The number of carbonyl (C=O) groups is 8. The molecule has 0 amide bonds. The maximum Gasteiger partial charge on any atom is 4.00 e. The van der Waals surface area contributed by atoms with E-state index < -0.39 is 93.8 Å². The second-order valence-corrected chi connectivity index (χ2v) is 20.8. The minimum Gasteiger partial charge on any atom is -0.547 e. The van der Waals surface area contributed by atoms with E-state index in [0.717, 1.165) is 77.0 Å². The molecule has 4 unspecified atom stereocenters. The van der Waals surface area contributed by atoms with Crippen molar-refractivity contribution >= 4 is 47.0 Å². The normalized spacial score (nSPS) is 13.0. The number of rotatable bonds is 52. The van der Waals surface area contributed by atoms with Gasteiger partial charge in [0.05, 0.1) is 23.9 Å². The second-order valence-electron chi connectivity index (χ2n) is 20.8. The quantitative estimate of drug-likeness (QED) is 0.0324. The van der Waals surface area contributed by atoms with Crippen molar-refractivity contribution < 1.29 is 118 Å². The molecule has 0 aromatic heterocycles. The van der Waals surface area contributed by atoms with Gasteiger partial charge in [0, 0.05) is 52.9 Å². The van der Waals surface area contributed by atoms with Crippen molar-refractivity contribution in [3.05, 3.63) is 0 Å². The van der Waals surface area contributed by atoms with Gasteiger partial charge in [0.15, 0.2) is 47.5 Å². The maximum atomic E-state index is 12.6. The molecule has 0 N–H and O–H groups in total. The molecule has 0 radical (unpaired) electrons. The van der Waals surface area contributed by atoms with Gasteiger partial charge in [0.25, 0.3) is 0 Å². The number of Topliss-reactive ketones (excluding diaryl/α,β-unsaturated/α-hetero) is 4. The van der Waals surface area contributed by atoms with Crippen LogP contribution in [-0.4, -0.2) is 147 Å². The number of hydrogen-bond donors (Lipinski definition) is 0. The number of ketones is 4. The zero-order valence-electron chi connectivity index (χ0n) is 55.6. The predicted octanol–water partition coefficient (Wildman–Crippen LogP) is 7.46. The third-order valence-corrected chi connectivity index (χ3v) is 14.8. The van der Waals surface area contributed by atoms with Crippen LogP contribution in [-0.2, 0) is 98.0 Å². The summed E-state index contributed by atoms with van der Waals surface area (Å²) in [5.41, 5.74) is -4.36. The molecule has 0 heterocycles. The van der Waals surface area contributed by atoms with Gasteiger partial charge >= 0.3 is 21.7 Å². The Kier molecular flexibility index (Phi) is 58.7. The first-order valence-electron chi connectivity index (χ1n) is 32.0. The summed E-state index contributed by atoms with van der Waals surface area (Å²) in [6.07, 6.45) is 10.7. The van der Waals surface area contributed by atoms with E-state index in [9.17, 15) is 58.8 Å². The summed E-state index contributed by atoms with van der Waals surface area (Å²) in [6, 6.07) is 0. The third-order valence-electron chi connectivity index (χ3n) is 14.8. The summed E-state index contributed by atoms with van der Waals surface area (Å²) >= 11 is 0. The van der Waals surface area contributed by atoms with E-state index in [1.54, 1.807) is 0 Å². The van der Waals surface area contributed by atoms with Crippen molar-refractivity contribution in [2.45, 2.75) is 312 Å². The molecule has 0 aromatic rings. The Morgan fingerprint density at radius 3 is 0.494 bits per heavy atom. The smallest absolute Gasteiger partial charge is 0.547 e. The van der Waals surface area contributed by atoms with Gasteiger partial charge in [0.1, 0.15) is 22.4 Å². The van der Waals surface area contributed by atoms with Crippen LogP contribution >= 0.6 is 0 Å². The van der Waals surface area contributed by atoms with Crippen LogP contribution in [0.4, 0.5) is 0 Å². The molecular formula is C64H116O20Ti. The number of carbonyl (C=O) groups excluding carboxylic acids is 8. The van der Waals surface area contributed by atoms with E-state index in [-0.39, 0.29) is 48.1 Å². The monoisotopic (exact) mass is 1250 g/mol. The number of carboxylic acids is 4. The van der Waals surface area contributed by atoms with E-state index in [1.165, 1.54) is 0 Å². The van der Waals surface area contributed by atoms with Crippen molar-refractivity contribution in [3.8, 4) is 0 Å². The van der Waals surface area contributed by atoms with Crippen LogP contribution < -0.4 is 20.4 Å². The number of hydrogen-bond acceptors (Lipinski definition) is 20.